The lowest BCUT2D eigenvalue weighted by Gasteiger charge is -2.13. The number of alkyl halides is 3. The molecule has 23 heavy (non-hydrogen) atoms. The van der Waals surface area contributed by atoms with Crippen LogP contribution >= 0.6 is 11.6 Å². The van der Waals surface area contributed by atoms with Crippen molar-refractivity contribution < 1.29 is 22.7 Å². The standard InChI is InChI=1S/C14H13ClF3N3O2/c1-8-5-11(20-21(8)2)13(22)19-10-4-3-9(15)6-12(10)23-7-14(16,17)18/h3-6H,7H2,1-2H3,(H,19,22). The molecule has 9 heteroatoms. The van der Waals surface area contributed by atoms with Gasteiger partial charge in [-0.3, -0.25) is 9.48 Å². The van der Waals surface area contributed by atoms with Gasteiger partial charge in [0.1, 0.15) is 5.75 Å². The van der Waals surface area contributed by atoms with Gasteiger partial charge in [0.15, 0.2) is 12.3 Å². The van der Waals surface area contributed by atoms with Gasteiger partial charge < -0.3 is 10.1 Å². The fraction of sp³-hybridized carbons (Fsp3) is 0.286. The van der Waals surface area contributed by atoms with Gasteiger partial charge in [-0.2, -0.15) is 18.3 Å². The lowest BCUT2D eigenvalue weighted by atomic mass is 10.2. The summed E-state index contributed by atoms with van der Waals surface area (Å²) < 4.78 is 43.1. The highest BCUT2D eigenvalue weighted by atomic mass is 35.5. The molecule has 0 bridgehead atoms. The van der Waals surface area contributed by atoms with E-state index in [4.69, 9.17) is 16.3 Å². The van der Waals surface area contributed by atoms with Crippen molar-refractivity contribution in [1.29, 1.82) is 0 Å². The zero-order valence-corrected chi connectivity index (χ0v) is 13.0. The third kappa shape index (κ3) is 4.62. The Balaban J connectivity index is 2.20. The first-order valence-corrected chi connectivity index (χ1v) is 6.84. The Bertz CT molecular complexity index is 709. The van der Waals surface area contributed by atoms with Crippen LogP contribution in [-0.2, 0) is 7.05 Å². The van der Waals surface area contributed by atoms with E-state index in [0.717, 1.165) is 5.69 Å². The average Bonchev–Trinajstić information content (AvgIpc) is 2.78. The monoisotopic (exact) mass is 347 g/mol. The van der Waals surface area contributed by atoms with Crippen molar-refractivity contribution in [3.63, 3.8) is 0 Å². The predicted molar refractivity (Wildman–Crippen MR) is 78.9 cm³/mol. The molecule has 0 aliphatic heterocycles. The van der Waals surface area contributed by atoms with E-state index in [-0.39, 0.29) is 22.2 Å². The molecule has 5 nitrogen and oxygen atoms in total. The molecule has 2 rings (SSSR count). The highest BCUT2D eigenvalue weighted by molar-refractivity contribution is 6.30. The Hall–Kier alpha value is -2.22. The highest BCUT2D eigenvalue weighted by Crippen LogP contribution is 2.30. The third-order valence-corrected chi connectivity index (χ3v) is 3.16. The van der Waals surface area contributed by atoms with Gasteiger partial charge in [0, 0.05) is 23.8 Å². The summed E-state index contributed by atoms with van der Waals surface area (Å²) in [7, 11) is 1.67. The van der Waals surface area contributed by atoms with E-state index in [1.165, 1.54) is 22.9 Å². The second-order valence-corrected chi connectivity index (χ2v) is 5.23. The first-order chi connectivity index (χ1) is 10.7. The molecule has 1 N–H and O–H groups in total. The Morgan fingerprint density at radius 1 is 1.39 bits per heavy atom. The van der Waals surface area contributed by atoms with E-state index in [1.54, 1.807) is 20.0 Å². The molecule has 0 aliphatic rings. The molecular weight excluding hydrogens is 335 g/mol. The quantitative estimate of drug-likeness (QED) is 0.919. The number of nitrogens with zero attached hydrogens (tertiary/aromatic N) is 2. The molecule has 0 unspecified atom stereocenters. The second-order valence-electron chi connectivity index (χ2n) is 4.79. The zero-order valence-electron chi connectivity index (χ0n) is 12.2. The highest BCUT2D eigenvalue weighted by Gasteiger charge is 2.29. The van der Waals surface area contributed by atoms with Crippen molar-refractivity contribution in [2.24, 2.45) is 7.05 Å². The molecule has 1 heterocycles. The van der Waals surface area contributed by atoms with E-state index >= 15 is 0 Å². The number of nitrogens with one attached hydrogen (secondary N) is 1. The number of carbonyl (C=O) groups is 1. The fourth-order valence-corrected chi connectivity index (χ4v) is 1.90. The number of benzene rings is 1. The van der Waals surface area contributed by atoms with Gasteiger partial charge in [0.2, 0.25) is 0 Å². The molecule has 0 saturated carbocycles. The van der Waals surface area contributed by atoms with E-state index in [9.17, 15) is 18.0 Å². The van der Waals surface area contributed by atoms with Crippen LogP contribution in [0.5, 0.6) is 5.75 Å². The van der Waals surface area contributed by atoms with Gasteiger partial charge in [-0.15, -0.1) is 0 Å². The van der Waals surface area contributed by atoms with Crippen LogP contribution in [0.3, 0.4) is 0 Å². The maximum absolute atomic E-state index is 12.3. The Labute approximate surface area is 135 Å². The van der Waals surface area contributed by atoms with Gasteiger partial charge in [0.05, 0.1) is 5.69 Å². The SMILES string of the molecule is Cc1cc(C(=O)Nc2ccc(Cl)cc2OCC(F)(F)F)nn1C. The zero-order chi connectivity index (χ0) is 17.2. The molecular formula is C14H13ClF3N3O2. The maximum Gasteiger partial charge on any atom is 0.422 e. The van der Waals surface area contributed by atoms with Crippen molar-refractivity contribution in [3.05, 3.63) is 40.7 Å². The molecule has 0 saturated heterocycles. The molecule has 1 aromatic heterocycles. The molecule has 1 amide bonds. The first kappa shape index (κ1) is 17.1. The van der Waals surface area contributed by atoms with Crippen LogP contribution in [-0.4, -0.2) is 28.5 Å². The van der Waals surface area contributed by atoms with Gasteiger partial charge in [-0.05, 0) is 25.1 Å². The van der Waals surface area contributed by atoms with Crippen LogP contribution in [0.25, 0.3) is 0 Å². The molecule has 1 aromatic carbocycles. The summed E-state index contributed by atoms with van der Waals surface area (Å²) in [4.78, 5) is 12.1. The summed E-state index contributed by atoms with van der Waals surface area (Å²) >= 11 is 5.75. The molecule has 0 atom stereocenters. The van der Waals surface area contributed by atoms with Crippen molar-refractivity contribution >= 4 is 23.2 Å². The van der Waals surface area contributed by atoms with Crippen molar-refractivity contribution in [1.82, 2.24) is 9.78 Å². The number of hydrogen-bond donors (Lipinski definition) is 1. The predicted octanol–water partition coefficient (Wildman–Crippen LogP) is 3.58. The summed E-state index contributed by atoms with van der Waals surface area (Å²) in [5, 5.41) is 6.65. The summed E-state index contributed by atoms with van der Waals surface area (Å²) in [6, 6.07) is 5.55. The minimum atomic E-state index is -4.50. The molecule has 0 spiro atoms. The molecule has 0 radical (unpaired) electrons. The van der Waals surface area contributed by atoms with Crippen LogP contribution < -0.4 is 10.1 Å². The van der Waals surface area contributed by atoms with Crippen LogP contribution in [0.2, 0.25) is 5.02 Å². The average molecular weight is 348 g/mol. The van der Waals surface area contributed by atoms with E-state index in [1.807, 2.05) is 0 Å². The number of ether oxygens (including phenoxy) is 1. The topological polar surface area (TPSA) is 56.1 Å². The largest absolute Gasteiger partial charge is 0.482 e. The van der Waals surface area contributed by atoms with Crippen LogP contribution in [0.15, 0.2) is 24.3 Å². The van der Waals surface area contributed by atoms with E-state index in [2.05, 4.69) is 10.4 Å². The molecule has 124 valence electrons. The van der Waals surface area contributed by atoms with Crippen LogP contribution in [0.1, 0.15) is 16.2 Å². The Morgan fingerprint density at radius 2 is 2.09 bits per heavy atom. The van der Waals surface area contributed by atoms with E-state index in [0.29, 0.717) is 0 Å². The molecule has 0 fully saturated rings. The molecule has 0 aliphatic carbocycles. The van der Waals surface area contributed by atoms with E-state index < -0.39 is 18.7 Å². The lowest BCUT2D eigenvalue weighted by molar-refractivity contribution is -0.153. The normalized spacial score (nSPS) is 11.4. The molecule has 2 aromatic rings. The number of anilines is 1. The fourth-order valence-electron chi connectivity index (χ4n) is 1.74. The summed E-state index contributed by atoms with van der Waals surface area (Å²) in [6.45, 7) is 0.281. The third-order valence-electron chi connectivity index (χ3n) is 2.93. The van der Waals surface area contributed by atoms with Gasteiger partial charge in [0.25, 0.3) is 5.91 Å². The van der Waals surface area contributed by atoms with Crippen LogP contribution in [0, 0.1) is 6.92 Å². The lowest BCUT2D eigenvalue weighted by Crippen LogP contribution is -2.20. The summed E-state index contributed by atoms with van der Waals surface area (Å²) in [5.74, 6) is -0.733. The van der Waals surface area contributed by atoms with Gasteiger partial charge in [-0.25, -0.2) is 0 Å². The minimum Gasteiger partial charge on any atom is -0.482 e. The number of rotatable bonds is 4. The van der Waals surface area contributed by atoms with Gasteiger partial charge >= 0.3 is 6.18 Å². The number of carbonyl (C=O) groups excluding carboxylic acids is 1. The Morgan fingerprint density at radius 3 is 2.65 bits per heavy atom. The second kappa shape index (κ2) is 6.49. The first-order valence-electron chi connectivity index (χ1n) is 6.47. The number of amides is 1. The van der Waals surface area contributed by atoms with Crippen molar-refractivity contribution in [3.8, 4) is 5.75 Å². The number of halogens is 4. The number of hydrogen-bond acceptors (Lipinski definition) is 3. The summed E-state index contributed by atoms with van der Waals surface area (Å²) in [6.07, 6.45) is -4.50. The van der Waals surface area contributed by atoms with Crippen molar-refractivity contribution in [2.75, 3.05) is 11.9 Å². The van der Waals surface area contributed by atoms with Gasteiger partial charge in [-0.1, -0.05) is 11.6 Å². The van der Waals surface area contributed by atoms with Crippen LogP contribution in [0.4, 0.5) is 18.9 Å². The van der Waals surface area contributed by atoms with Crippen molar-refractivity contribution in [2.45, 2.75) is 13.1 Å². The summed E-state index contributed by atoms with van der Waals surface area (Å²) in [5.41, 5.74) is 0.980. The maximum atomic E-state index is 12.3. The Kier molecular flexibility index (Phi) is 4.84. The smallest absolute Gasteiger partial charge is 0.422 e. The number of aromatic nitrogens is 2. The number of aryl methyl sites for hydroxylation is 2. The minimum absolute atomic E-state index is 0.0759.